The normalized spacial score (nSPS) is 11.9. The lowest BCUT2D eigenvalue weighted by atomic mass is 10.1. The number of hydrogen-bond donors (Lipinski definition) is 2. The Balaban J connectivity index is 2.81. The number of nitrogens with zero attached hydrogens (tertiary/aromatic N) is 2. The minimum Gasteiger partial charge on any atom is -0.382 e. The van der Waals surface area contributed by atoms with Gasteiger partial charge in [-0.25, -0.2) is 4.98 Å². The largest absolute Gasteiger partial charge is 0.382 e. The van der Waals surface area contributed by atoms with Gasteiger partial charge in [-0.05, 0) is 20.9 Å². The molecule has 0 aromatic carbocycles. The van der Waals surface area contributed by atoms with Crippen molar-refractivity contribution in [2.24, 2.45) is 0 Å². The Kier molecular flexibility index (Phi) is 2.38. The molecular weight excluding hydrogens is 152 g/mol. The van der Waals surface area contributed by atoms with E-state index in [0.29, 0.717) is 5.82 Å². The lowest BCUT2D eigenvalue weighted by Crippen LogP contribution is -2.35. The Morgan fingerprint density at radius 3 is 2.75 bits per heavy atom. The first kappa shape index (κ1) is 9.06. The Morgan fingerprint density at radius 2 is 2.33 bits per heavy atom. The predicted octanol–water partition coefficient (Wildman–Crippen LogP) is 0.420. The number of aromatic nitrogens is 2. The average Bonchev–Trinajstić information content (AvgIpc) is 2.36. The van der Waals surface area contributed by atoms with Crippen LogP contribution in [0.4, 0.5) is 5.82 Å². The number of likely N-dealkylation sites (N-methyl/N-ethyl adjacent to an activating group) is 1. The fraction of sp³-hybridized carbons (Fsp3) is 0.625. The summed E-state index contributed by atoms with van der Waals surface area (Å²) in [6.07, 6.45) is 3.60. The summed E-state index contributed by atoms with van der Waals surface area (Å²) >= 11 is 0. The van der Waals surface area contributed by atoms with Crippen LogP contribution in [0.25, 0.3) is 0 Å². The zero-order valence-corrected chi connectivity index (χ0v) is 7.83. The summed E-state index contributed by atoms with van der Waals surface area (Å²) in [4.78, 5) is 3.98. The molecule has 0 unspecified atom stereocenters. The van der Waals surface area contributed by atoms with E-state index >= 15 is 0 Å². The van der Waals surface area contributed by atoms with Crippen molar-refractivity contribution in [1.82, 2.24) is 14.9 Å². The number of nitrogens with one attached hydrogen (secondary N) is 1. The van der Waals surface area contributed by atoms with Crippen molar-refractivity contribution < 1.29 is 0 Å². The third-order valence-corrected chi connectivity index (χ3v) is 1.91. The molecule has 0 saturated carbocycles. The van der Waals surface area contributed by atoms with Crippen LogP contribution >= 0.6 is 0 Å². The number of nitrogens with two attached hydrogens (primary N) is 1. The van der Waals surface area contributed by atoms with Gasteiger partial charge in [-0.2, -0.15) is 0 Å². The number of rotatable bonds is 3. The third-order valence-electron chi connectivity index (χ3n) is 1.91. The highest BCUT2D eigenvalue weighted by Gasteiger charge is 2.18. The van der Waals surface area contributed by atoms with Crippen LogP contribution < -0.4 is 11.1 Å². The predicted molar refractivity (Wildman–Crippen MR) is 49.9 cm³/mol. The molecule has 0 fully saturated rings. The minimum atomic E-state index is 0.0272. The van der Waals surface area contributed by atoms with E-state index in [4.69, 9.17) is 5.73 Å². The molecule has 0 radical (unpaired) electrons. The molecule has 0 aliphatic carbocycles. The number of imidazole rings is 1. The van der Waals surface area contributed by atoms with E-state index in [9.17, 15) is 0 Å². The molecule has 1 heterocycles. The third kappa shape index (κ3) is 1.76. The highest BCUT2D eigenvalue weighted by molar-refractivity contribution is 5.23. The molecule has 0 aliphatic rings. The van der Waals surface area contributed by atoms with Gasteiger partial charge in [0.15, 0.2) is 0 Å². The summed E-state index contributed by atoms with van der Waals surface area (Å²) in [5.74, 6) is 0.569. The van der Waals surface area contributed by atoms with Crippen molar-refractivity contribution in [2.75, 3.05) is 19.3 Å². The molecule has 1 rings (SSSR count). The van der Waals surface area contributed by atoms with Crippen molar-refractivity contribution in [2.45, 2.75) is 19.4 Å². The van der Waals surface area contributed by atoms with Gasteiger partial charge < -0.3 is 15.6 Å². The van der Waals surface area contributed by atoms with E-state index in [1.807, 2.05) is 17.8 Å². The first-order valence-corrected chi connectivity index (χ1v) is 4.01. The zero-order chi connectivity index (χ0) is 9.19. The Hall–Kier alpha value is -1.03. The Labute approximate surface area is 72.8 Å². The van der Waals surface area contributed by atoms with Crippen molar-refractivity contribution in [3.05, 3.63) is 12.5 Å². The van der Waals surface area contributed by atoms with Gasteiger partial charge >= 0.3 is 0 Å². The molecule has 1 aromatic heterocycles. The first-order valence-electron chi connectivity index (χ1n) is 4.01. The van der Waals surface area contributed by atoms with Gasteiger partial charge in [0.05, 0.1) is 11.9 Å². The van der Waals surface area contributed by atoms with Crippen LogP contribution in [-0.4, -0.2) is 23.1 Å². The maximum atomic E-state index is 5.52. The Morgan fingerprint density at radius 1 is 1.67 bits per heavy atom. The molecule has 0 aliphatic heterocycles. The van der Waals surface area contributed by atoms with Crippen molar-refractivity contribution in [3.63, 3.8) is 0 Å². The summed E-state index contributed by atoms with van der Waals surface area (Å²) in [6, 6.07) is 0. The quantitative estimate of drug-likeness (QED) is 0.687. The highest BCUT2D eigenvalue weighted by Crippen LogP contribution is 2.14. The standard InChI is InChI=1S/C8H16N4/c1-8(2,5-10-3)12-4-7(9)11-6-12/h4,6,10H,5,9H2,1-3H3. The van der Waals surface area contributed by atoms with E-state index in [-0.39, 0.29) is 5.54 Å². The maximum Gasteiger partial charge on any atom is 0.141 e. The van der Waals surface area contributed by atoms with Crippen LogP contribution in [0.3, 0.4) is 0 Å². The molecule has 0 atom stereocenters. The average molecular weight is 168 g/mol. The lowest BCUT2D eigenvalue weighted by molar-refractivity contribution is 0.343. The number of hydrogen-bond acceptors (Lipinski definition) is 3. The molecule has 12 heavy (non-hydrogen) atoms. The second-order valence-corrected chi connectivity index (χ2v) is 3.55. The van der Waals surface area contributed by atoms with Crippen LogP contribution in [-0.2, 0) is 5.54 Å². The highest BCUT2D eigenvalue weighted by atomic mass is 15.1. The molecular formula is C8H16N4. The van der Waals surface area contributed by atoms with Crippen LogP contribution in [0.1, 0.15) is 13.8 Å². The molecule has 0 saturated heterocycles. The van der Waals surface area contributed by atoms with E-state index in [0.717, 1.165) is 6.54 Å². The van der Waals surface area contributed by atoms with Crippen molar-refractivity contribution in [3.8, 4) is 0 Å². The summed E-state index contributed by atoms with van der Waals surface area (Å²) in [6.45, 7) is 5.15. The second kappa shape index (κ2) is 3.15. The summed E-state index contributed by atoms with van der Waals surface area (Å²) in [7, 11) is 1.93. The molecule has 1 aromatic rings. The summed E-state index contributed by atoms with van der Waals surface area (Å²) in [5, 5.41) is 3.13. The summed E-state index contributed by atoms with van der Waals surface area (Å²) in [5.41, 5.74) is 5.55. The smallest absolute Gasteiger partial charge is 0.141 e. The molecule has 4 nitrogen and oxygen atoms in total. The van der Waals surface area contributed by atoms with Crippen LogP contribution in [0.15, 0.2) is 12.5 Å². The van der Waals surface area contributed by atoms with E-state index in [2.05, 4.69) is 24.1 Å². The second-order valence-electron chi connectivity index (χ2n) is 3.55. The van der Waals surface area contributed by atoms with Gasteiger partial charge in [0.25, 0.3) is 0 Å². The molecule has 0 spiro atoms. The van der Waals surface area contributed by atoms with E-state index in [1.54, 1.807) is 6.33 Å². The number of anilines is 1. The van der Waals surface area contributed by atoms with Crippen LogP contribution in [0, 0.1) is 0 Å². The van der Waals surface area contributed by atoms with Crippen LogP contribution in [0.5, 0.6) is 0 Å². The monoisotopic (exact) mass is 168 g/mol. The van der Waals surface area contributed by atoms with Gasteiger partial charge in [0.1, 0.15) is 5.82 Å². The summed E-state index contributed by atoms with van der Waals surface area (Å²) < 4.78 is 2.01. The molecule has 0 amide bonds. The topological polar surface area (TPSA) is 55.9 Å². The van der Waals surface area contributed by atoms with Gasteiger partial charge in [-0.1, -0.05) is 0 Å². The van der Waals surface area contributed by atoms with E-state index < -0.39 is 0 Å². The minimum absolute atomic E-state index is 0.0272. The van der Waals surface area contributed by atoms with Gasteiger partial charge in [0, 0.05) is 12.7 Å². The Bertz CT molecular complexity index is 251. The zero-order valence-electron chi connectivity index (χ0n) is 7.83. The maximum absolute atomic E-state index is 5.52. The van der Waals surface area contributed by atoms with Gasteiger partial charge in [-0.15, -0.1) is 0 Å². The first-order chi connectivity index (χ1) is 5.56. The molecule has 4 heteroatoms. The molecule has 68 valence electrons. The fourth-order valence-electron chi connectivity index (χ4n) is 1.19. The van der Waals surface area contributed by atoms with Gasteiger partial charge in [-0.3, -0.25) is 0 Å². The number of nitrogen functional groups attached to an aromatic ring is 1. The lowest BCUT2D eigenvalue weighted by Gasteiger charge is -2.25. The van der Waals surface area contributed by atoms with Gasteiger partial charge in [0.2, 0.25) is 0 Å². The molecule has 0 bridgehead atoms. The fourth-order valence-corrected chi connectivity index (χ4v) is 1.19. The van der Waals surface area contributed by atoms with Crippen molar-refractivity contribution in [1.29, 1.82) is 0 Å². The van der Waals surface area contributed by atoms with Crippen molar-refractivity contribution >= 4 is 5.82 Å². The van der Waals surface area contributed by atoms with E-state index in [1.165, 1.54) is 0 Å². The van der Waals surface area contributed by atoms with Crippen LogP contribution in [0.2, 0.25) is 0 Å². The molecule has 3 N–H and O–H groups in total. The SMILES string of the molecule is CNCC(C)(C)n1cnc(N)c1.